The minimum atomic E-state index is -0.164. The van der Waals surface area contributed by atoms with Crippen LogP contribution in [0.5, 0.6) is 0 Å². The Labute approximate surface area is 122 Å². The van der Waals surface area contributed by atoms with Gasteiger partial charge in [-0.25, -0.2) is 0 Å². The number of amides is 1. The van der Waals surface area contributed by atoms with E-state index in [4.69, 9.17) is 5.73 Å². The Bertz CT molecular complexity index is 550. The molecule has 108 valence electrons. The van der Waals surface area contributed by atoms with Gasteiger partial charge >= 0.3 is 0 Å². The van der Waals surface area contributed by atoms with Gasteiger partial charge in [0.25, 0.3) is 5.91 Å². The molecule has 0 saturated heterocycles. The molecule has 0 unspecified atom stereocenters. The van der Waals surface area contributed by atoms with Gasteiger partial charge in [0.05, 0.1) is 6.54 Å². The molecule has 0 spiro atoms. The van der Waals surface area contributed by atoms with Crippen LogP contribution in [-0.2, 0) is 0 Å². The molecule has 0 atom stereocenters. The van der Waals surface area contributed by atoms with Crippen LogP contribution in [0.15, 0.2) is 18.2 Å². The molecule has 0 aliphatic rings. The number of hydrogen-bond donors (Lipinski definition) is 1. The van der Waals surface area contributed by atoms with E-state index in [0.717, 1.165) is 17.5 Å². The van der Waals surface area contributed by atoms with E-state index in [2.05, 4.69) is 32.6 Å². The average Bonchev–Trinajstić information content (AvgIpc) is 2.44. The van der Waals surface area contributed by atoms with E-state index in [1.807, 2.05) is 32.2 Å². The van der Waals surface area contributed by atoms with Crippen LogP contribution < -0.4 is 5.73 Å². The molecule has 20 heavy (non-hydrogen) atoms. The summed E-state index contributed by atoms with van der Waals surface area (Å²) in [5, 5.41) is 0. The second-order valence-electron chi connectivity index (χ2n) is 5.51. The van der Waals surface area contributed by atoms with Crippen molar-refractivity contribution in [3.8, 4) is 11.8 Å². The maximum absolute atomic E-state index is 12.7. The first-order chi connectivity index (χ1) is 9.35. The maximum Gasteiger partial charge on any atom is 0.254 e. The van der Waals surface area contributed by atoms with E-state index in [1.54, 1.807) is 4.90 Å². The topological polar surface area (TPSA) is 46.3 Å². The summed E-state index contributed by atoms with van der Waals surface area (Å²) in [5.41, 5.74) is 7.72. The molecule has 3 heteroatoms. The number of nitrogens with two attached hydrogens (primary N) is 1. The van der Waals surface area contributed by atoms with E-state index >= 15 is 0 Å². The maximum atomic E-state index is 12.7. The lowest BCUT2D eigenvalue weighted by Gasteiger charge is -2.35. The van der Waals surface area contributed by atoms with Crippen LogP contribution in [0, 0.1) is 18.8 Å². The zero-order valence-electron chi connectivity index (χ0n) is 13.1. The third-order valence-electron chi connectivity index (χ3n) is 3.97. The fraction of sp³-hybridized carbons (Fsp3) is 0.471. The van der Waals surface area contributed by atoms with Crippen LogP contribution in [0.1, 0.15) is 48.7 Å². The van der Waals surface area contributed by atoms with Crippen molar-refractivity contribution < 1.29 is 4.79 Å². The smallest absolute Gasteiger partial charge is 0.254 e. The molecule has 3 nitrogen and oxygen atoms in total. The van der Waals surface area contributed by atoms with E-state index in [0.29, 0.717) is 12.1 Å². The van der Waals surface area contributed by atoms with Crippen molar-refractivity contribution in [3.05, 3.63) is 34.9 Å². The van der Waals surface area contributed by atoms with Crippen molar-refractivity contribution in [2.45, 2.75) is 39.7 Å². The quantitative estimate of drug-likeness (QED) is 0.860. The van der Waals surface area contributed by atoms with Gasteiger partial charge in [-0.3, -0.25) is 4.79 Å². The van der Waals surface area contributed by atoms with Crippen LogP contribution in [0.25, 0.3) is 0 Å². The summed E-state index contributed by atoms with van der Waals surface area (Å²) in [5.74, 6) is 5.88. The fourth-order valence-electron chi connectivity index (χ4n) is 1.84. The highest BCUT2D eigenvalue weighted by Crippen LogP contribution is 2.22. The second kappa shape index (κ2) is 6.58. The first-order valence-electron chi connectivity index (χ1n) is 6.92. The molecule has 0 bridgehead atoms. The third-order valence-corrected chi connectivity index (χ3v) is 3.97. The Morgan fingerprint density at radius 3 is 2.60 bits per heavy atom. The molecule has 0 fully saturated rings. The van der Waals surface area contributed by atoms with Crippen molar-refractivity contribution in [2.24, 2.45) is 5.73 Å². The number of carbonyl (C=O) groups excluding carboxylic acids is 1. The molecular weight excluding hydrogens is 248 g/mol. The van der Waals surface area contributed by atoms with Crippen LogP contribution >= 0.6 is 0 Å². The highest BCUT2D eigenvalue weighted by atomic mass is 16.2. The Balaban J connectivity index is 3.18. The first kappa shape index (κ1) is 16.3. The van der Waals surface area contributed by atoms with Gasteiger partial charge in [0.2, 0.25) is 0 Å². The number of benzene rings is 1. The molecular formula is C17H24N2O. The summed E-state index contributed by atoms with van der Waals surface area (Å²) in [7, 11) is 1.85. The Hall–Kier alpha value is -1.79. The van der Waals surface area contributed by atoms with Gasteiger partial charge in [-0.1, -0.05) is 24.8 Å². The zero-order chi connectivity index (χ0) is 15.3. The second-order valence-corrected chi connectivity index (χ2v) is 5.51. The monoisotopic (exact) mass is 272 g/mol. The summed E-state index contributed by atoms with van der Waals surface area (Å²) in [6.07, 6.45) is 0.904. The van der Waals surface area contributed by atoms with Gasteiger partial charge in [-0.15, -0.1) is 0 Å². The average molecular weight is 272 g/mol. The minimum absolute atomic E-state index is 0.0331. The summed E-state index contributed by atoms with van der Waals surface area (Å²) in [4.78, 5) is 14.5. The molecule has 1 amide bonds. The lowest BCUT2D eigenvalue weighted by atomic mass is 9.96. The molecule has 1 aromatic rings. The van der Waals surface area contributed by atoms with Gasteiger partial charge < -0.3 is 10.6 Å². The summed E-state index contributed by atoms with van der Waals surface area (Å²) >= 11 is 0. The minimum Gasteiger partial charge on any atom is -0.337 e. The summed E-state index contributed by atoms with van der Waals surface area (Å²) < 4.78 is 0. The molecule has 0 heterocycles. The molecule has 0 saturated carbocycles. The predicted molar refractivity (Wildman–Crippen MR) is 83.6 cm³/mol. The van der Waals surface area contributed by atoms with Crippen LogP contribution in [-0.4, -0.2) is 29.9 Å². The van der Waals surface area contributed by atoms with E-state index in [-0.39, 0.29) is 11.4 Å². The highest BCUT2D eigenvalue weighted by molar-refractivity contribution is 5.96. The molecule has 1 rings (SSSR count). The molecule has 2 N–H and O–H groups in total. The number of nitrogens with zero attached hydrogens (tertiary/aromatic N) is 1. The van der Waals surface area contributed by atoms with Crippen LogP contribution in [0.4, 0.5) is 0 Å². The van der Waals surface area contributed by atoms with Crippen molar-refractivity contribution in [3.63, 3.8) is 0 Å². The summed E-state index contributed by atoms with van der Waals surface area (Å²) in [6.45, 7) is 8.47. The molecule has 0 aromatic heterocycles. The fourth-order valence-corrected chi connectivity index (χ4v) is 1.84. The first-order valence-corrected chi connectivity index (χ1v) is 6.92. The lowest BCUT2D eigenvalue weighted by Crippen LogP contribution is -2.44. The molecule has 1 aromatic carbocycles. The van der Waals surface area contributed by atoms with Crippen molar-refractivity contribution in [1.82, 2.24) is 4.90 Å². The molecule has 0 radical (unpaired) electrons. The Kier molecular flexibility index (Phi) is 5.35. The van der Waals surface area contributed by atoms with Gasteiger partial charge in [-0.2, -0.15) is 0 Å². The standard InChI is InChI=1S/C17H24N2O/c1-6-17(3,4)19(5)16(20)15-11-7-9-14(13(15)2)10-8-12-18/h7,9,11H,6,12,18H2,1-5H3. The van der Waals surface area contributed by atoms with Crippen molar-refractivity contribution in [1.29, 1.82) is 0 Å². The number of hydrogen-bond acceptors (Lipinski definition) is 2. The number of rotatable bonds is 3. The van der Waals surface area contributed by atoms with Gasteiger partial charge in [0.15, 0.2) is 0 Å². The SMILES string of the molecule is CCC(C)(C)N(C)C(=O)c1cccc(C#CCN)c1C. The van der Waals surface area contributed by atoms with Gasteiger partial charge in [-0.05, 0) is 44.9 Å². The zero-order valence-corrected chi connectivity index (χ0v) is 13.1. The highest BCUT2D eigenvalue weighted by Gasteiger charge is 2.27. The summed E-state index contributed by atoms with van der Waals surface area (Å²) in [6, 6.07) is 5.64. The Morgan fingerprint density at radius 1 is 1.40 bits per heavy atom. The van der Waals surface area contributed by atoms with Crippen molar-refractivity contribution in [2.75, 3.05) is 13.6 Å². The molecule has 0 aliphatic carbocycles. The third kappa shape index (κ3) is 3.40. The van der Waals surface area contributed by atoms with Gasteiger partial charge in [0.1, 0.15) is 0 Å². The Morgan fingerprint density at radius 2 is 2.05 bits per heavy atom. The van der Waals surface area contributed by atoms with E-state index < -0.39 is 0 Å². The largest absolute Gasteiger partial charge is 0.337 e. The normalized spacial score (nSPS) is 10.7. The number of carbonyl (C=O) groups is 1. The van der Waals surface area contributed by atoms with Crippen LogP contribution in [0.2, 0.25) is 0 Å². The molecule has 0 aliphatic heterocycles. The lowest BCUT2D eigenvalue weighted by molar-refractivity contribution is 0.0619. The van der Waals surface area contributed by atoms with Crippen molar-refractivity contribution >= 4 is 5.91 Å². The van der Waals surface area contributed by atoms with Gasteiger partial charge in [0, 0.05) is 23.7 Å². The van der Waals surface area contributed by atoms with E-state index in [9.17, 15) is 4.79 Å². The predicted octanol–water partition coefficient (Wildman–Crippen LogP) is 2.57. The van der Waals surface area contributed by atoms with E-state index in [1.165, 1.54) is 0 Å². The van der Waals surface area contributed by atoms with Crippen LogP contribution in [0.3, 0.4) is 0 Å².